The lowest BCUT2D eigenvalue weighted by molar-refractivity contribution is -0.199. The second kappa shape index (κ2) is 20.2. The van der Waals surface area contributed by atoms with Crippen LogP contribution in [0.15, 0.2) is 12.3 Å². The van der Waals surface area contributed by atoms with Gasteiger partial charge in [-0.2, -0.15) is 0 Å². The molecule has 4 amide bonds. The van der Waals surface area contributed by atoms with Crippen molar-refractivity contribution in [2.45, 2.75) is 84.1 Å². The number of allylic oxidation sites excluding steroid dienone is 1. The number of imide groups is 1. The normalized spacial score (nSPS) is 15.3. The van der Waals surface area contributed by atoms with Crippen molar-refractivity contribution in [1.29, 1.82) is 0 Å². The van der Waals surface area contributed by atoms with E-state index in [-0.39, 0.29) is 19.3 Å². The summed E-state index contributed by atoms with van der Waals surface area (Å²) in [6, 6.07) is -1.45. The maximum absolute atomic E-state index is 12.2. The van der Waals surface area contributed by atoms with Crippen LogP contribution in [0.2, 0.25) is 0 Å². The van der Waals surface area contributed by atoms with E-state index in [9.17, 15) is 33.6 Å². The summed E-state index contributed by atoms with van der Waals surface area (Å²) in [5.74, 6) is -5.09. The minimum atomic E-state index is -1.45. The third-order valence-electron chi connectivity index (χ3n) is 5.70. The van der Waals surface area contributed by atoms with Gasteiger partial charge in [-0.05, 0) is 32.7 Å². The van der Waals surface area contributed by atoms with Gasteiger partial charge in [0.15, 0.2) is 0 Å². The molecule has 2 aliphatic rings. The number of nitrogens with one attached hydrogen (secondary N) is 1. The van der Waals surface area contributed by atoms with Gasteiger partial charge in [-0.3, -0.25) is 24.0 Å². The molecule has 0 aromatic heterocycles. The molecule has 3 N–H and O–H groups in total. The van der Waals surface area contributed by atoms with E-state index in [1.807, 2.05) is 0 Å². The highest BCUT2D eigenvalue weighted by Crippen LogP contribution is 2.21. The smallest absolute Gasteiger partial charge is 0.355 e. The largest absolute Gasteiger partial charge is 0.379 e. The summed E-state index contributed by atoms with van der Waals surface area (Å²) in [6.07, 6.45) is 2.34. The van der Waals surface area contributed by atoms with Crippen LogP contribution in [0.3, 0.4) is 0 Å². The molecule has 42 heavy (non-hydrogen) atoms. The van der Waals surface area contributed by atoms with E-state index in [0.717, 1.165) is 31.1 Å². The molecule has 0 aromatic rings. The predicted molar refractivity (Wildman–Crippen MR) is 145 cm³/mol. The van der Waals surface area contributed by atoms with Crippen molar-refractivity contribution in [2.75, 3.05) is 33.0 Å². The fourth-order valence-electron chi connectivity index (χ4n) is 3.42. The van der Waals surface area contributed by atoms with Crippen LogP contribution in [0.5, 0.6) is 0 Å². The first-order chi connectivity index (χ1) is 20.0. The van der Waals surface area contributed by atoms with Crippen molar-refractivity contribution in [2.24, 2.45) is 5.73 Å². The lowest BCUT2D eigenvalue weighted by Crippen LogP contribution is -2.46. The molecule has 1 unspecified atom stereocenters. The molecule has 2 fully saturated rings. The fraction of sp³-hybridized carbons (Fsp3) is 0.667. The summed E-state index contributed by atoms with van der Waals surface area (Å²) in [7, 11) is 0. The Labute approximate surface area is 244 Å². The summed E-state index contributed by atoms with van der Waals surface area (Å²) in [6.45, 7) is 10.6. The Balaban J connectivity index is 0.000000619. The number of rotatable bonds is 18. The van der Waals surface area contributed by atoms with Crippen LogP contribution in [0.25, 0.3) is 0 Å². The minimum absolute atomic E-state index is 0.107. The van der Waals surface area contributed by atoms with E-state index in [1.54, 1.807) is 0 Å². The minimum Gasteiger partial charge on any atom is -0.379 e. The van der Waals surface area contributed by atoms with E-state index < -0.39 is 66.7 Å². The SMILES string of the molecule is C=C1CCC(=O)N1OC(=O)CCC(=O)NC(CC(C)=O)C(=O)ON1C(=O)CCC1=O.CCCCOCCOCCCN. The predicted octanol–water partition coefficient (Wildman–Crippen LogP) is 0.601. The number of nitrogens with two attached hydrogens (primary N) is 1. The molecule has 2 heterocycles. The number of ether oxygens (including phenoxy) is 2. The van der Waals surface area contributed by atoms with Gasteiger partial charge in [0.1, 0.15) is 11.8 Å². The summed E-state index contributed by atoms with van der Waals surface area (Å²) in [4.78, 5) is 91.7. The van der Waals surface area contributed by atoms with Gasteiger partial charge in [0.2, 0.25) is 5.91 Å². The molecule has 0 aromatic carbocycles. The quantitative estimate of drug-likeness (QED) is 0.165. The molecule has 2 saturated heterocycles. The molecule has 2 aliphatic heterocycles. The van der Waals surface area contributed by atoms with E-state index in [2.05, 4.69) is 18.8 Å². The van der Waals surface area contributed by atoms with Gasteiger partial charge < -0.3 is 30.2 Å². The highest BCUT2D eigenvalue weighted by molar-refractivity contribution is 6.02. The van der Waals surface area contributed by atoms with Crippen LogP contribution in [-0.4, -0.2) is 90.5 Å². The Bertz CT molecular complexity index is 943. The monoisotopic (exact) mass is 598 g/mol. The van der Waals surface area contributed by atoms with Crippen molar-refractivity contribution in [3.05, 3.63) is 12.3 Å². The van der Waals surface area contributed by atoms with E-state index >= 15 is 0 Å². The molecule has 0 bridgehead atoms. The molecular weight excluding hydrogens is 556 g/mol. The van der Waals surface area contributed by atoms with Crippen LogP contribution in [-0.2, 0) is 52.7 Å². The fourth-order valence-corrected chi connectivity index (χ4v) is 3.42. The first kappa shape index (κ1) is 36.3. The molecule has 1 atom stereocenters. The summed E-state index contributed by atoms with van der Waals surface area (Å²) >= 11 is 0. The molecule has 0 saturated carbocycles. The summed E-state index contributed by atoms with van der Waals surface area (Å²) in [5, 5.41) is 3.31. The number of unbranched alkanes of at least 4 members (excludes halogenated alkanes) is 1. The summed E-state index contributed by atoms with van der Waals surface area (Å²) < 4.78 is 10.5. The maximum Gasteiger partial charge on any atom is 0.355 e. The molecule has 0 radical (unpaired) electrons. The molecule has 15 heteroatoms. The highest BCUT2D eigenvalue weighted by atomic mass is 16.7. The summed E-state index contributed by atoms with van der Waals surface area (Å²) in [5.41, 5.74) is 5.62. The second-order valence-electron chi connectivity index (χ2n) is 9.46. The van der Waals surface area contributed by atoms with Crippen LogP contribution < -0.4 is 11.1 Å². The van der Waals surface area contributed by atoms with Gasteiger partial charge in [0.25, 0.3) is 17.7 Å². The van der Waals surface area contributed by atoms with Gasteiger partial charge >= 0.3 is 11.9 Å². The van der Waals surface area contributed by atoms with Crippen molar-refractivity contribution in [3.8, 4) is 0 Å². The standard InChI is InChI=1S/C18H21N3O9.C9H21NO2/c1-10-3-5-14(24)20(10)29-17(27)8-4-13(23)19-12(9-11(2)22)18(28)30-21-15(25)6-7-16(21)26;1-2-3-6-11-8-9-12-7-4-5-10/h12H,1,3-9H2,2H3,(H,19,23);2-10H2,1H3. The van der Waals surface area contributed by atoms with Crippen molar-refractivity contribution in [3.63, 3.8) is 0 Å². The van der Waals surface area contributed by atoms with Crippen LogP contribution >= 0.6 is 0 Å². The number of amides is 4. The first-order valence-electron chi connectivity index (χ1n) is 13.9. The Hall–Kier alpha value is -3.69. The third-order valence-corrected chi connectivity index (χ3v) is 5.70. The number of carbonyl (C=O) groups excluding carboxylic acids is 7. The number of ketones is 1. The van der Waals surface area contributed by atoms with Crippen molar-refractivity contribution in [1.82, 2.24) is 15.4 Å². The van der Waals surface area contributed by atoms with E-state index in [1.165, 1.54) is 13.3 Å². The number of nitrogens with zero attached hydrogens (tertiary/aromatic N) is 2. The van der Waals surface area contributed by atoms with Gasteiger partial charge in [0, 0.05) is 45.3 Å². The van der Waals surface area contributed by atoms with Gasteiger partial charge in [-0.15, -0.1) is 10.1 Å². The maximum atomic E-state index is 12.2. The number of carbonyl (C=O) groups is 7. The van der Waals surface area contributed by atoms with E-state index in [0.29, 0.717) is 36.9 Å². The first-order valence-corrected chi connectivity index (χ1v) is 13.9. The van der Waals surface area contributed by atoms with Crippen LogP contribution in [0.1, 0.15) is 78.1 Å². The van der Waals surface area contributed by atoms with Gasteiger partial charge in [0.05, 0.1) is 25.3 Å². The van der Waals surface area contributed by atoms with Crippen LogP contribution in [0.4, 0.5) is 0 Å². The average molecular weight is 599 g/mol. The lowest BCUT2D eigenvalue weighted by atomic mass is 10.1. The zero-order valence-electron chi connectivity index (χ0n) is 24.4. The molecule has 15 nitrogen and oxygen atoms in total. The van der Waals surface area contributed by atoms with E-state index in [4.69, 9.17) is 24.9 Å². The molecule has 0 spiro atoms. The highest BCUT2D eigenvalue weighted by Gasteiger charge is 2.36. The van der Waals surface area contributed by atoms with Gasteiger partial charge in [-0.25, -0.2) is 9.59 Å². The van der Waals surface area contributed by atoms with Gasteiger partial charge in [-0.1, -0.05) is 19.9 Å². The zero-order valence-corrected chi connectivity index (χ0v) is 24.4. The molecular formula is C27H42N4O11. The molecule has 2 rings (SSSR count). The molecule has 236 valence electrons. The lowest BCUT2D eigenvalue weighted by Gasteiger charge is -2.19. The topological polar surface area (TPSA) is 201 Å². The average Bonchev–Trinajstić information content (AvgIpc) is 3.43. The second-order valence-corrected chi connectivity index (χ2v) is 9.46. The van der Waals surface area contributed by atoms with Crippen molar-refractivity contribution >= 4 is 41.4 Å². The molecule has 0 aliphatic carbocycles. The number of Topliss-reactive ketones (excluding diaryl/α,β-unsaturated/α-hetero) is 1. The van der Waals surface area contributed by atoms with Crippen LogP contribution in [0, 0.1) is 0 Å². The Morgan fingerprint density at radius 1 is 0.857 bits per heavy atom. The Morgan fingerprint density at radius 3 is 1.95 bits per heavy atom. The number of hydrogen-bond acceptors (Lipinski definition) is 12. The Morgan fingerprint density at radius 2 is 1.43 bits per heavy atom. The number of hydroxylamine groups is 4. The zero-order chi connectivity index (χ0) is 31.5. The third kappa shape index (κ3) is 14.3. The number of hydrogen-bond donors (Lipinski definition) is 2. The van der Waals surface area contributed by atoms with Crippen molar-refractivity contribution < 1.29 is 52.7 Å². The Kier molecular flexibility index (Phi) is 17.5.